The first-order valence-corrected chi connectivity index (χ1v) is 6.42. The van der Waals surface area contributed by atoms with Crippen LogP contribution in [-0.4, -0.2) is 19.8 Å². The van der Waals surface area contributed by atoms with E-state index in [9.17, 15) is 0 Å². The molecule has 1 aliphatic heterocycles. The van der Waals surface area contributed by atoms with Crippen molar-refractivity contribution < 1.29 is 9.47 Å². The van der Waals surface area contributed by atoms with E-state index < -0.39 is 0 Å². The van der Waals surface area contributed by atoms with Crippen LogP contribution in [0.1, 0.15) is 31.4 Å². The van der Waals surface area contributed by atoms with E-state index in [2.05, 4.69) is 24.9 Å². The second-order valence-electron chi connectivity index (χ2n) is 4.69. The highest BCUT2D eigenvalue weighted by molar-refractivity contribution is 5.43. The summed E-state index contributed by atoms with van der Waals surface area (Å²) in [4.78, 5) is 0. The summed E-state index contributed by atoms with van der Waals surface area (Å²) < 4.78 is 11.0. The van der Waals surface area contributed by atoms with Crippen LogP contribution in [0.15, 0.2) is 30.9 Å². The van der Waals surface area contributed by atoms with Crippen molar-refractivity contribution in [2.75, 3.05) is 13.7 Å². The molecule has 1 aliphatic rings. The molecule has 0 radical (unpaired) electrons. The third-order valence-electron chi connectivity index (χ3n) is 3.26. The van der Waals surface area contributed by atoms with Crippen LogP contribution in [0.3, 0.4) is 0 Å². The summed E-state index contributed by atoms with van der Waals surface area (Å²) in [5, 5.41) is 3.62. The van der Waals surface area contributed by atoms with Gasteiger partial charge in [-0.25, -0.2) is 0 Å². The Hall–Kier alpha value is -1.48. The molecule has 98 valence electrons. The molecule has 0 saturated carbocycles. The summed E-state index contributed by atoms with van der Waals surface area (Å²) in [5.41, 5.74) is 1.19. The van der Waals surface area contributed by atoms with E-state index in [-0.39, 0.29) is 0 Å². The fourth-order valence-corrected chi connectivity index (χ4v) is 2.33. The molecule has 1 N–H and O–H groups in total. The molecule has 1 heterocycles. The van der Waals surface area contributed by atoms with Crippen LogP contribution in [0.2, 0.25) is 0 Å². The van der Waals surface area contributed by atoms with Crippen molar-refractivity contribution in [2.24, 2.45) is 0 Å². The molecule has 3 heteroatoms. The smallest absolute Gasteiger partial charge is 0.124 e. The van der Waals surface area contributed by atoms with Crippen LogP contribution >= 0.6 is 0 Å². The number of methoxy groups -OCH3 is 1. The molecule has 18 heavy (non-hydrogen) atoms. The van der Waals surface area contributed by atoms with E-state index in [0.29, 0.717) is 12.1 Å². The zero-order valence-corrected chi connectivity index (χ0v) is 11.1. The van der Waals surface area contributed by atoms with Crippen LogP contribution in [0.5, 0.6) is 11.5 Å². The van der Waals surface area contributed by atoms with Gasteiger partial charge in [0.05, 0.1) is 13.7 Å². The van der Waals surface area contributed by atoms with Crippen molar-refractivity contribution in [3.8, 4) is 11.5 Å². The number of ether oxygens (including phenoxy) is 2. The molecule has 0 amide bonds. The van der Waals surface area contributed by atoms with Gasteiger partial charge >= 0.3 is 0 Å². The summed E-state index contributed by atoms with van der Waals surface area (Å²) in [7, 11) is 1.69. The topological polar surface area (TPSA) is 30.5 Å². The number of benzene rings is 1. The van der Waals surface area contributed by atoms with Gasteiger partial charge in [-0.05, 0) is 31.5 Å². The van der Waals surface area contributed by atoms with Crippen molar-refractivity contribution >= 4 is 0 Å². The first-order chi connectivity index (χ1) is 8.74. The second kappa shape index (κ2) is 5.91. The number of rotatable bonds is 5. The van der Waals surface area contributed by atoms with Crippen molar-refractivity contribution in [1.82, 2.24) is 5.32 Å². The van der Waals surface area contributed by atoms with Gasteiger partial charge in [0.25, 0.3) is 0 Å². The third-order valence-corrected chi connectivity index (χ3v) is 3.26. The standard InChI is InChI=1S/C15H21NO2/c1-4-5-11(2)16-14-8-9-18-15-7-6-12(17-3)10-13(14)15/h4,6-7,10-11,14,16H,1,5,8-9H2,2-3H3. The SMILES string of the molecule is C=CCC(C)NC1CCOc2ccc(OC)cc21. The summed E-state index contributed by atoms with van der Waals surface area (Å²) >= 11 is 0. The molecule has 2 unspecified atom stereocenters. The highest BCUT2D eigenvalue weighted by atomic mass is 16.5. The average molecular weight is 247 g/mol. The molecule has 0 aromatic heterocycles. The Labute approximate surface area is 109 Å². The Morgan fingerprint density at radius 3 is 3.17 bits per heavy atom. The highest BCUT2D eigenvalue weighted by Crippen LogP contribution is 2.35. The number of fused-ring (bicyclic) bond motifs is 1. The van der Waals surface area contributed by atoms with Crippen LogP contribution in [0, 0.1) is 0 Å². The molecule has 0 saturated heterocycles. The third kappa shape index (κ3) is 2.85. The molecule has 0 fully saturated rings. The average Bonchev–Trinajstić information content (AvgIpc) is 2.39. The maximum absolute atomic E-state index is 5.68. The number of hydrogen-bond acceptors (Lipinski definition) is 3. The summed E-state index contributed by atoms with van der Waals surface area (Å²) in [6, 6.07) is 6.74. The van der Waals surface area contributed by atoms with Crippen molar-refractivity contribution in [2.45, 2.75) is 31.8 Å². The lowest BCUT2D eigenvalue weighted by molar-refractivity contribution is 0.245. The van der Waals surface area contributed by atoms with Crippen LogP contribution in [-0.2, 0) is 0 Å². The molecular weight excluding hydrogens is 226 g/mol. The van der Waals surface area contributed by atoms with Crippen LogP contribution in [0.4, 0.5) is 0 Å². The van der Waals surface area contributed by atoms with Crippen molar-refractivity contribution in [1.29, 1.82) is 0 Å². The molecule has 0 spiro atoms. The molecule has 2 atom stereocenters. The van der Waals surface area contributed by atoms with Gasteiger partial charge in [0.15, 0.2) is 0 Å². The lowest BCUT2D eigenvalue weighted by atomic mass is 9.99. The minimum Gasteiger partial charge on any atom is -0.497 e. The fourth-order valence-electron chi connectivity index (χ4n) is 2.33. The first-order valence-electron chi connectivity index (χ1n) is 6.42. The quantitative estimate of drug-likeness (QED) is 0.811. The van der Waals surface area contributed by atoms with Gasteiger partial charge in [0, 0.05) is 24.1 Å². The highest BCUT2D eigenvalue weighted by Gasteiger charge is 2.22. The van der Waals surface area contributed by atoms with E-state index in [4.69, 9.17) is 9.47 Å². The fraction of sp³-hybridized carbons (Fsp3) is 0.467. The molecular formula is C15H21NO2. The van der Waals surface area contributed by atoms with Crippen molar-refractivity contribution in [3.63, 3.8) is 0 Å². The second-order valence-corrected chi connectivity index (χ2v) is 4.69. The lowest BCUT2D eigenvalue weighted by Gasteiger charge is -2.29. The summed E-state index contributed by atoms with van der Waals surface area (Å²) in [6.45, 7) is 6.72. The van der Waals surface area contributed by atoms with Gasteiger partial charge in [-0.3, -0.25) is 0 Å². The molecule has 0 bridgehead atoms. The Morgan fingerprint density at radius 1 is 1.61 bits per heavy atom. The predicted octanol–water partition coefficient (Wildman–Crippen LogP) is 3.07. The van der Waals surface area contributed by atoms with Gasteiger partial charge in [0.2, 0.25) is 0 Å². The Balaban J connectivity index is 2.17. The van der Waals surface area contributed by atoms with E-state index in [1.54, 1.807) is 7.11 Å². The van der Waals surface area contributed by atoms with Crippen LogP contribution in [0.25, 0.3) is 0 Å². The lowest BCUT2D eigenvalue weighted by Crippen LogP contribution is -2.33. The summed E-state index contributed by atoms with van der Waals surface area (Å²) in [5.74, 6) is 1.84. The maximum Gasteiger partial charge on any atom is 0.124 e. The van der Waals surface area contributed by atoms with Gasteiger partial charge < -0.3 is 14.8 Å². The molecule has 1 aromatic carbocycles. The van der Waals surface area contributed by atoms with Gasteiger partial charge in [-0.1, -0.05) is 6.08 Å². The largest absolute Gasteiger partial charge is 0.497 e. The van der Waals surface area contributed by atoms with Gasteiger partial charge in [0.1, 0.15) is 11.5 Å². The minimum absolute atomic E-state index is 0.332. The van der Waals surface area contributed by atoms with Crippen LogP contribution < -0.4 is 14.8 Å². The minimum atomic E-state index is 0.332. The zero-order valence-electron chi connectivity index (χ0n) is 11.1. The number of nitrogens with one attached hydrogen (secondary N) is 1. The number of hydrogen-bond donors (Lipinski definition) is 1. The first kappa shape index (κ1) is 13.0. The van der Waals surface area contributed by atoms with E-state index >= 15 is 0 Å². The Bertz CT molecular complexity index is 417. The summed E-state index contributed by atoms with van der Waals surface area (Å²) in [6.07, 6.45) is 3.90. The van der Waals surface area contributed by atoms with Gasteiger partial charge in [-0.2, -0.15) is 0 Å². The maximum atomic E-state index is 5.68. The Morgan fingerprint density at radius 2 is 2.44 bits per heavy atom. The van der Waals surface area contributed by atoms with E-state index in [1.165, 1.54) is 5.56 Å². The normalized spacial score (nSPS) is 19.6. The van der Waals surface area contributed by atoms with E-state index in [0.717, 1.165) is 30.9 Å². The predicted molar refractivity (Wildman–Crippen MR) is 73.3 cm³/mol. The molecule has 2 rings (SSSR count). The van der Waals surface area contributed by atoms with Gasteiger partial charge in [-0.15, -0.1) is 6.58 Å². The molecule has 3 nitrogen and oxygen atoms in total. The zero-order chi connectivity index (χ0) is 13.0. The van der Waals surface area contributed by atoms with Crippen molar-refractivity contribution in [3.05, 3.63) is 36.4 Å². The van der Waals surface area contributed by atoms with E-state index in [1.807, 2.05) is 18.2 Å². The molecule has 0 aliphatic carbocycles. The molecule has 1 aromatic rings. The Kier molecular flexibility index (Phi) is 4.26. The monoisotopic (exact) mass is 247 g/mol.